The summed E-state index contributed by atoms with van der Waals surface area (Å²) in [6.07, 6.45) is 0.224. The molecule has 0 radical (unpaired) electrons. The van der Waals surface area contributed by atoms with Crippen LogP contribution in [0.2, 0.25) is 0 Å². The van der Waals surface area contributed by atoms with Crippen LogP contribution in [0.15, 0.2) is 4.52 Å². The molecule has 0 aliphatic carbocycles. The fourth-order valence-corrected chi connectivity index (χ4v) is 1.59. The molecule has 1 fully saturated rings. The third-order valence-corrected chi connectivity index (χ3v) is 2.42. The predicted molar refractivity (Wildman–Crippen MR) is 50.2 cm³/mol. The molecule has 1 aliphatic rings. The fraction of sp³-hybridized carbons (Fsp3) is 0.778. The van der Waals surface area contributed by atoms with Gasteiger partial charge in [0.15, 0.2) is 5.82 Å². The molecule has 1 unspecified atom stereocenters. The highest BCUT2D eigenvalue weighted by atomic mass is 19.3. The van der Waals surface area contributed by atoms with Crippen LogP contribution in [0.5, 0.6) is 0 Å². The maximum absolute atomic E-state index is 12.9. The average Bonchev–Trinajstić information content (AvgIpc) is 2.81. The first-order valence-electron chi connectivity index (χ1n) is 5.03. The van der Waals surface area contributed by atoms with Crippen LogP contribution >= 0.6 is 0 Å². The first-order valence-corrected chi connectivity index (χ1v) is 5.03. The summed E-state index contributed by atoms with van der Waals surface area (Å²) in [7, 11) is 1.57. The van der Waals surface area contributed by atoms with Gasteiger partial charge in [0.2, 0.25) is 5.89 Å². The van der Waals surface area contributed by atoms with E-state index in [4.69, 9.17) is 9.26 Å². The molecule has 2 heterocycles. The normalized spacial score (nSPS) is 23.8. The molecule has 0 spiro atoms. The molecular formula is C9H13F2N3O2. The molecule has 1 aliphatic heterocycles. The van der Waals surface area contributed by atoms with Gasteiger partial charge < -0.3 is 9.26 Å². The maximum atomic E-state index is 12.9. The zero-order valence-corrected chi connectivity index (χ0v) is 8.87. The van der Waals surface area contributed by atoms with E-state index in [2.05, 4.69) is 15.5 Å². The molecule has 1 aromatic rings. The second-order valence-electron chi connectivity index (χ2n) is 3.79. The average molecular weight is 233 g/mol. The molecule has 0 amide bonds. The largest absolute Gasteiger partial charge is 0.384 e. The number of halogens is 2. The van der Waals surface area contributed by atoms with Crippen molar-refractivity contribution in [1.29, 1.82) is 0 Å². The van der Waals surface area contributed by atoms with Crippen molar-refractivity contribution >= 4 is 0 Å². The molecule has 1 saturated heterocycles. The Kier molecular flexibility index (Phi) is 3.15. The monoisotopic (exact) mass is 233 g/mol. The van der Waals surface area contributed by atoms with Gasteiger partial charge in [0.05, 0.1) is 19.2 Å². The Morgan fingerprint density at radius 1 is 1.62 bits per heavy atom. The van der Waals surface area contributed by atoms with Gasteiger partial charge >= 0.3 is 0 Å². The van der Waals surface area contributed by atoms with Gasteiger partial charge in [-0.1, -0.05) is 5.16 Å². The van der Waals surface area contributed by atoms with Crippen molar-refractivity contribution in [1.82, 2.24) is 15.5 Å². The number of nitrogens with zero attached hydrogens (tertiary/aromatic N) is 2. The summed E-state index contributed by atoms with van der Waals surface area (Å²) >= 11 is 0. The predicted octanol–water partition coefficient (Wildman–Crippen LogP) is 0.928. The van der Waals surface area contributed by atoms with E-state index < -0.39 is 12.0 Å². The number of ether oxygens (including phenoxy) is 1. The van der Waals surface area contributed by atoms with E-state index in [-0.39, 0.29) is 18.9 Å². The van der Waals surface area contributed by atoms with Crippen LogP contribution in [0, 0.1) is 0 Å². The van der Waals surface area contributed by atoms with Crippen molar-refractivity contribution in [2.75, 3.05) is 20.3 Å². The standard InChI is InChI=1S/C9H13F2N3O2/c1-15-3-2-7-13-8(16-14-7)6-4-9(10,11)5-12-6/h6,12H,2-5H2,1H3. The molecule has 0 bridgehead atoms. The number of hydrogen-bond acceptors (Lipinski definition) is 5. The number of aromatic nitrogens is 2. The van der Waals surface area contributed by atoms with E-state index in [1.165, 1.54) is 0 Å². The third kappa shape index (κ3) is 2.53. The van der Waals surface area contributed by atoms with Crippen LogP contribution in [0.1, 0.15) is 24.2 Å². The van der Waals surface area contributed by atoms with E-state index >= 15 is 0 Å². The lowest BCUT2D eigenvalue weighted by atomic mass is 10.2. The minimum Gasteiger partial charge on any atom is -0.384 e. The zero-order chi connectivity index (χ0) is 11.6. The third-order valence-electron chi connectivity index (χ3n) is 2.42. The lowest BCUT2D eigenvalue weighted by Crippen LogP contribution is -2.19. The number of hydrogen-bond donors (Lipinski definition) is 1. The first kappa shape index (κ1) is 11.4. The summed E-state index contributed by atoms with van der Waals surface area (Å²) < 4.78 is 35.6. The van der Waals surface area contributed by atoms with Crippen molar-refractivity contribution in [2.45, 2.75) is 24.8 Å². The minimum absolute atomic E-state index is 0.225. The van der Waals surface area contributed by atoms with Gasteiger partial charge in [-0.15, -0.1) is 0 Å². The Morgan fingerprint density at radius 2 is 2.44 bits per heavy atom. The fourth-order valence-electron chi connectivity index (χ4n) is 1.59. The van der Waals surface area contributed by atoms with Crippen molar-refractivity contribution in [3.05, 3.63) is 11.7 Å². The van der Waals surface area contributed by atoms with Crippen LogP contribution < -0.4 is 5.32 Å². The van der Waals surface area contributed by atoms with E-state index in [9.17, 15) is 8.78 Å². The molecule has 90 valence electrons. The summed E-state index contributed by atoms with van der Waals surface area (Å²) in [5, 5.41) is 6.35. The van der Waals surface area contributed by atoms with Gasteiger partial charge in [0.25, 0.3) is 5.92 Å². The first-order chi connectivity index (χ1) is 7.61. The maximum Gasteiger partial charge on any atom is 0.262 e. The summed E-state index contributed by atoms with van der Waals surface area (Å²) in [5.74, 6) is -1.98. The van der Waals surface area contributed by atoms with Crippen molar-refractivity contribution < 1.29 is 18.0 Å². The summed E-state index contributed by atoms with van der Waals surface area (Å²) in [5.41, 5.74) is 0. The van der Waals surface area contributed by atoms with Gasteiger partial charge in [-0.05, 0) is 0 Å². The van der Waals surface area contributed by atoms with Crippen LogP contribution in [-0.2, 0) is 11.2 Å². The Morgan fingerprint density at radius 3 is 3.06 bits per heavy atom. The van der Waals surface area contributed by atoms with Gasteiger partial charge in [0, 0.05) is 20.0 Å². The number of rotatable bonds is 4. The van der Waals surface area contributed by atoms with Crippen LogP contribution in [0.3, 0.4) is 0 Å². The Bertz CT molecular complexity index is 356. The Labute approximate surface area is 91.2 Å². The quantitative estimate of drug-likeness (QED) is 0.838. The van der Waals surface area contributed by atoms with Crippen molar-refractivity contribution in [2.24, 2.45) is 0 Å². The van der Waals surface area contributed by atoms with E-state index in [0.29, 0.717) is 18.9 Å². The smallest absolute Gasteiger partial charge is 0.262 e. The van der Waals surface area contributed by atoms with Crippen molar-refractivity contribution in [3.8, 4) is 0 Å². The molecule has 1 aromatic heterocycles. The van der Waals surface area contributed by atoms with Crippen molar-refractivity contribution in [3.63, 3.8) is 0 Å². The molecule has 1 N–H and O–H groups in total. The second kappa shape index (κ2) is 4.42. The molecule has 5 nitrogen and oxygen atoms in total. The van der Waals surface area contributed by atoms with E-state index in [1.807, 2.05) is 0 Å². The molecular weight excluding hydrogens is 220 g/mol. The van der Waals surface area contributed by atoms with Gasteiger partial charge in [0.1, 0.15) is 0 Å². The van der Waals surface area contributed by atoms with Crippen LogP contribution in [0.4, 0.5) is 8.78 Å². The summed E-state index contributed by atoms with van der Waals surface area (Å²) in [6.45, 7) is 0.140. The molecule has 16 heavy (non-hydrogen) atoms. The number of alkyl halides is 2. The highest BCUT2D eigenvalue weighted by Crippen LogP contribution is 2.32. The van der Waals surface area contributed by atoms with Gasteiger partial charge in [-0.2, -0.15) is 4.98 Å². The number of nitrogens with one attached hydrogen (secondary N) is 1. The van der Waals surface area contributed by atoms with Gasteiger partial charge in [-0.25, -0.2) is 8.78 Å². The SMILES string of the molecule is COCCc1noc(C2CC(F)(F)CN2)n1. The topological polar surface area (TPSA) is 60.2 Å². The van der Waals surface area contributed by atoms with E-state index in [1.54, 1.807) is 7.11 Å². The second-order valence-corrected chi connectivity index (χ2v) is 3.79. The highest BCUT2D eigenvalue weighted by Gasteiger charge is 2.42. The number of methoxy groups -OCH3 is 1. The lowest BCUT2D eigenvalue weighted by molar-refractivity contribution is 0.0200. The van der Waals surface area contributed by atoms with E-state index in [0.717, 1.165) is 0 Å². The molecule has 0 aromatic carbocycles. The summed E-state index contributed by atoms with van der Waals surface area (Å²) in [6, 6.07) is -0.543. The molecule has 2 rings (SSSR count). The van der Waals surface area contributed by atoms with Crippen LogP contribution in [0.25, 0.3) is 0 Å². The lowest BCUT2D eigenvalue weighted by Gasteiger charge is -2.04. The van der Waals surface area contributed by atoms with Crippen LogP contribution in [-0.4, -0.2) is 36.3 Å². The summed E-state index contributed by atoms with van der Waals surface area (Å²) in [4.78, 5) is 4.04. The Hall–Kier alpha value is -1.08. The highest BCUT2D eigenvalue weighted by molar-refractivity contribution is 4.99. The Balaban J connectivity index is 1.97. The van der Waals surface area contributed by atoms with Gasteiger partial charge in [-0.3, -0.25) is 5.32 Å². The molecule has 0 saturated carbocycles. The zero-order valence-electron chi connectivity index (χ0n) is 8.87. The minimum atomic E-state index is -2.69. The molecule has 7 heteroatoms. The molecule has 1 atom stereocenters.